The first-order chi connectivity index (χ1) is 8.25. The van der Waals surface area contributed by atoms with Gasteiger partial charge in [0.15, 0.2) is 0 Å². The van der Waals surface area contributed by atoms with Crippen LogP contribution < -0.4 is 5.32 Å². The zero-order valence-corrected chi connectivity index (χ0v) is 11.1. The molecule has 1 aromatic carbocycles. The fraction of sp³-hybridized carbons (Fsp3) is 0.600. The topological polar surface area (TPSA) is 15.3 Å². The molecule has 2 rings (SSSR count). The predicted molar refractivity (Wildman–Crippen MR) is 72.9 cm³/mol. The lowest BCUT2D eigenvalue weighted by Crippen LogP contribution is -2.35. The number of fused-ring (bicyclic) bond motifs is 1. The Balaban J connectivity index is 2.02. The van der Waals surface area contributed by atoms with Crippen LogP contribution >= 0.6 is 0 Å². The molecule has 17 heavy (non-hydrogen) atoms. The van der Waals surface area contributed by atoms with Crippen molar-refractivity contribution in [1.82, 2.24) is 10.2 Å². The molecule has 1 heterocycles. The highest BCUT2D eigenvalue weighted by molar-refractivity contribution is 5.27. The van der Waals surface area contributed by atoms with Gasteiger partial charge in [-0.2, -0.15) is 0 Å². The van der Waals surface area contributed by atoms with E-state index < -0.39 is 0 Å². The molecule has 0 bridgehead atoms. The number of rotatable bonds is 3. The minimum atomic E-state index is 0.795. The monoisotopic (exact) mass is 232 g/mol. The highest BCUT2D eigenvalue weighted by atomic mass is 15.1. The van der Waals surface area contributed by atoms with Crippen molar-refractivity contribution >= 4 is 0 Å². The Kier molecular flexibility index (Phi) is 4.57. The summed E-state index contributed by atoms with van der Waals surface area (Å²) in [5, 5.41) is 3.52. The fourth-order valence-corrected chi connectivity index (χ4v) is 2.30. The molecule has 0 unspecified atom stereocenters. The number of benzene rings is 1. The van der Waals surface area contributed by atoms with Crippen molar-refractivity contribution in [3.05, 3.63) is 35.4 Å². The van der Waals surface area contributed by atoms with Gasteiger partial charge >= 0.3 is 0 Å². The van der Waals surface area contributed by atoms with Crippen molar-refractivity contribution in [3.8, 4) is 0 Å². The highest BCUT2D eigenvalue weighted by Gasteiger charge is 2.12. The van der Waals surface area contributed by atoms with Gasteiger partial charge in [-0.1, -0.05) is 38.1 Å². The lowest BCUT2D eigenvalue weighted by molar-refractivity contribution is 0.243. The summed E-state index contributed by atoms with van der Waals surface area (Å²) in [5.41, 5.74) is 2.95. The van der Waals surface area contributed by atoms with Crippen molar-refractivity contribution in [3.63, 3.8) is 0 Å². The number of hydrogen-bond acceptors (Lipinski definition) is 2. The summed E-state index contributed by atoms with van der Waals surface area (Å²) in [6, 6.07) is 8.81. The molecular formula is C15H24N2. The van der Waals surface area contributed by atoms with Crippen molar-refractivity contribution in [2.24, 2.45) is 5.92 Å². The molecule has 1 aliphatic heterocycles. The summed E-state index contributed by atoms with van der Waals surface area (Å²) in [7, 11) is 0. The van der Waals surface area contributed by atoms with Crippen LogP contribution in [-0.4, -0.2) is 24.5 Å². The van der Waals surface area contributed by atoms with E-state index in [1.807, 2.05) is 0 Å². The van der Waals surface area contributed by atoms with Crippen molar-refractivity contribution in [2.45, 2.75) is 33.4 Å². The Morgan fingerprint density at radius 2 is 2.00 bits per heavy atom. The fourth-order valence-electron chi connectivity index (χ4n) is 2.30. The van der Waals surface area contributed by atoms with E-state index in [9.17, 15) is 0 Å². The van der Waals surface area contributed by atoms with Crippen molar-refractivity contribution in [1.29, 1.82) is 0 Å². The number of hydrogen-bond donors (Lipinski definition) is 1. The van der Waals surface area contributed by atoms with Crippen LogP contribution in [0.25, 0.3) is 0 Å². The van der Waals surface area contributed by atoms with Gasteiger partial charge in [0.05, 0.1) is 0 Å². The minimum absolute atomic E-state index is 0.795. The standard InChI is InChI=1S/C15H24N2/c1-13(2)7-9-17-10-8-16-11-14-5-3-4-6-15(14)12-17/h3-6,13,16H,7-12H2,1-2H3. The normalized spacial score (nSPS) is 17.6. The van der Waals surface area contributed by atoms with Gasteiger partial charge in [0.2, 0.25) is 0 Å². The molecule has 1 N–H and O–H groups in total. The SMILES string of the molecule is CC(C)CCN1CCNCc2ccccc2C1. The lowest BCUT2D eigenvalue weighted by atomic mass is 10.0. The van der Waals surface area contributed by atoms with Crippen LogP contribution in [0, 0.1) is 5.92 Å². The third kappa shape index (κ3) is 3.83. The first-order valence-electron chi connectivity index (χ1n) is 6.75. The van der Waals surface area contributed by atoms with Gasteiger partial charge in [-0.15, -0.1) is 0 Å². The maximum atomic E-state index is 3.52. The van der Waals surface area contributed by atoms with E-state index in [0.717, 1.165) is 25.6 Å². The van der Waals surface area contributed by atoms with E-state index >= 15 is 0 Å². The quantitative estimate of drug-likeness (QED) is 0.862. The van der Waals surface area contributed by atoms with Crippen molar-refractivity contribution in [2.75, 3.05) is 19.6 Å². The largest absolute Gasteiger partial charge is 0.311 e. The molecule has 2 heteroatoms. The van der Waals surface area contributed by atoms with E-state index in [1.54, 1.807) is 0 Å². The molecule has 94 valence electrons. The van der Waals surface area contributed by atoms with Crippen LogP contribution in [0.3, 0.4) is 0 Å². The zero-order chi connectivity index (χ0) is 12.1. The Labute approximate surface area is 105 Å². The Hall–Kier alpha value is -0.860. The Bertz CT molecular complexity index is 347. The van der Waals surface area contributed by atoms with Crippen LogP contribution in [-0.2, 0) is 13.1 Å². The third-order valence-corrected chi connectivity index (χ3v) is 3.46. The number of nitrogens with one attached hydrogen (secondary N) is 1. The van der Waals surface area contributed by atoms with E-state index in [0.29, 0.717) is 0 Å². The molecule has 0 aliphatic carbocycles. The molecule has 1 aromatic rings. The first-order valence-corrected chi connectivity index (χ1v) is 6.75. The van der Waals surface area contributed by atoms with Crippen LogP contribution in [0.1, 0.15) is 31.4 Å². The average molecular weight is 232 g/mol. The molecule has 0 aromatic heterocycles. The van der Waals surface area contributed by atoms with Gasteiger partial charge < -0.3 is 5.32 Å². The van der Waals surface area contributed by atoms with E-state index in [1.165, 1.54) is 30.6 Å². The average Bonchev–Trinajstić information content (AvgIpc) is 2.28. The van der Waals surface area contributed by atoms with Gasteiger partial charge in [0.1, 0.15) is 0 Å². The molecule has 1 aliphatic rings. The molecule has 0 fully saturated rings. The number of nitrogens with zero attached hydrogens (tertiary/aromatic N) is 1. The third-order valence-electron chi connectivity index (χ3n) is 3.46. The Morgan fingerprint density at radius 3 is 2.76 bits per heavy atom. The first kappa shape index (κ1) is 12.6. The Morgan fingerprint density at radius 1 is 1.24 bits per heavy atom. The van der Waals surface area contributed by atoms with E-state index in [2.05, 4.69) is 48.3 Å². The summed E-state index contributed by atoms with van der Waals surface area (Å²) in [6.45, 7) is 10.2. The van der Waals surface area contributed by atoms with Gasteiger partial charge in [-0.05, 0) is 30.0 Å². The van der Waals surface area contributed by atoms with Gasteiger partial charge in [0, 0.05) is 26.2 Å². The molecular weight excluding hydrogens is 208 g/mol. The summed E-state index contributed by atoms with van der Waals surface area (Å²) >= 11 is 0. The maximum absolute atomic E-state index is 3.52. The molecule has 0 saturated heterocycles. The molecule has 0 atom stereocenters. The summed E-state index contributed by atoms with van der Waals surface area (Å²) < 4.78 is 0. The van der Waals surface area contributed by atoms with Crippen LogP contribution in [0.5, 0.6) is 0 Å². The van der Waals surface area contributed by atoms with Crippen LogP contribution in [0.15, 0.2) is 24.3 Å². The van der Waals surface area contributed by atoms with E-state index in [4.69, 9.17) is 0 Å². The second-order valence-corrected chi connectivity index (χ2v) is 5.40. The smallest absolute Gasteiger partial charge is 0.0237 e. The molecule has 0 spiro atoms. The molecule has 0 saturated carbocycles. The zero-order valence-electron chi connectivity index (χ0n) is 11.1. The second-order valence-electron chi connectivity index (χ2n) is 5.40. The molecule has 0 amide bonds. The summed E-state index contributed by atoms with van der Waals surface area (Å²) in [6.07, 6.45) is 1.29. The van der Waals surface area contributed by atoms with Crippen LogP contribution in [0.4, 0.5) is 0 Å². The van der Waals surface area contributed by atoms with Crippen LogP contribution in [0.2, 0.25) is 0 Å². The van der Waals surface area contributed by atoms with Crippen molar-refractivity contribution < 1.29 is 0 Å². The summed E-state index contributed by atoms with van der Waals surface area (Å²) in [4.78, 5) is 2.57. The minimum Gasteiger partial charge on any atom is -0.311 e. The van der Waals surface area contributed by atoms with Gasteiger partial charge in [0.25, 0.3) is 0 Å². The van der Waals surface area contributed by atoms with Gasteiger partial charge in [-0.25, -0.2) is 0 Å². The molecule has 0 radical (unpaired) electrons. The predicted octanol–water partition coefficient (Wildman–Crippen LogP) is 2.64. The second kappa shape index (κ2) is 6.18. The maximum Gasteiger partial charge on any atom is 0.0237 e. The lowest BCUT2D eigenvalue weighted by Gasteiger charge is -2.27. The van der Waals surface area contributed by atoms with E-state index in [-0.39, 0.29) is 0 Å². The van der Waals surface area contributed by atoms with Gasteiger partial charge in [-0.3, -0.25) is 4.90 Å². The molecule has 2 nitrogen and oxygen atoms in total. The highest BCUT2D eigenvalue weighted by Crippen LogP contribution is 2.14. The summed E-state index contributed by atoms with van der Waals surface area (Å²) in [5.74, 6) is 0.795.